The summed E-state index contributed by atoms with van der Waals surface area (Å²) in [5.41, 5.74) is -1.05. The number of anilines is 1. The summed E-state index contributed by atoms with van der Waals surface area (Å²) in [6, 6.07) is 3.87. The fourth-order valence-corrected chi connectivity index (χ4v) is 2.08. The summed E-state index contributed by atoms with van der Waals surface area (Å²) in [7, 11) is 1.35. The first-order valence-corrected chi connectivity index (χ1v) is 6.44. The van der Waals surface area contributed by atoms with Crippen LogP contribution in [0.2, 0.25) is 0 Å². The van der Waals surface area contributed by atoms with Gasteiger partial charge in [-0.15, -0.1) is 0 Å². The number of aliphatic hydroxyl groups excluding tert-OH is 1. The Morgan fingerprint density at radius 2 is 2.13 bits per heavy atom. The first kappa shape index (κ1) is 16.7. The van der Waals surface area contributed by atoms with E-state index in [4.69, 9.17) is 5.11 Å². The highest BCUT2D eigenvalue weighted by Crippen LogP contribution is 2.32. The molecule has 0 fully saturated rings. The lowest BCUT2D eigenvalue weighted by Gasteiger charge is -2.10. The van der Waals surface area contributed by atoms with E-state index in [0.717, 1.165) is 4.68 Å². The summed E-state index contributed by atoms with van der Waals surface area (Å²) in [4.78, 5) is 10.3. The van der Waals surface area contributed by atoms with Crippen molar-refractivity contribution >= 4 is 11.4 Å². The van der Waals surface area contributed by atoms with E-state index in [9.17, 15) is 23.3 Å². The van der Waals surface area contributed by atoms with Crippen LogP contribution in [0.3, 0.4) is 0 Å². The number of aliphatic hydroxyl groups is 1. The van der Waals surface area contributed by atoms with Gasteiger partial charge in [0.15, 0.2) is 5.69 Å². The number of aromatic nitrogens is 2. The minimum atomic E-state index is -4.61. The summed E-state index contributed by atoms with van der Waals surface area (Å²) in [6.07, 6.45) is -3.42. The molecule has 2 rings (SSSR count). The van der Waals surface area contributed by atoms with Crippen LogP contribution < -0.4 is 5.32 Å². The topological polar surface area (TPSA) is 93.2 Å². The van der Waals surface area contributed by atoms with Crippen molar-refractivity contribution < 1.29 is 23.2 Å². The molecule has 0 aliphatic carbocycles. The standard InChI is InChI=1S/C13H13F3N4O3/c1-19-6-9(12(18-19)13(14,15)16)5-17-10-4-8(7-21)2-3-11(10)20(22)23/h2-4,6,17,21H,5,7H2,1H3. The molecule has 7 nitrogen and oxygen atoms in total. The predicted octanol–water partition coefficient (Wildman–Crippen LogP) is 2.45. The molecule has 0 aliphatic heterocycles. The molecule has 2 N–H and O–H groups in total. The number of nitro benzene ring substituents is 1. The Morgan fingerprint density at radius 3 is 2.70 bits per heavy atom. The van der Waals surface area contributed by atoms with Crippen molar-refractivity contribution in [3.63, 3.8) is 0 Å². The van der Waals surface area contributed by atoms with E-state index in [1.165, 1.54) is 31.4 Å². The van der Waals surface area contributed by atoms with E-state index in [2.05, 4.69) is 10.4 Å². The molecule has 23 heavy (non-hydrogen) atoms. The average Bonchev–Trinajstić information content (AvgIpc) is 2.85. The zero-order valence-electron chi connectivity index (χ0n) is 12.0. The Labute approximate surface area is 128 Å². The van der Waals surface area contributed by atoms with Crippen molar-refractivity contribution in [1.82, 2.24) is 9.78 Å². The minimum Gasteiger partial charge on any atom is -0.392 e. The number of nitrogens with zero attached hydrogens (tertiary/aromatic N) is 3. The summed E-state index contributed by atoms with van der Waals surface area (Å²) in [5.74, 6) is 0. The molecule has 0 bridgehead atoms. The van der Waals surface area contributed by atoms with Gasteiger partial charge in [0.05, 0.1) is 11.5 Å². The lowest BCUT2D eigenvalue weighted by Crippen LogP contribution is -2.12. The van der Waals surface area contributed by atoms with Gasteiger partial charge in [-0.1, -0.05) is 0 Å². The SMILES string of the molecule is Cn1cc(CNc2cc(CO)ccc2[N+](=O)[O-])c(C(F)(F)F)n1. The average molecular weight is 330 g/mol. The number of aryl methyl sites for hydroxylation is 1. The summed E-state index contributed by atoms with van der Waals surface area (Å²) in [6.45, 7) is -0.633. The highest BCUT2D eigenvalue weighted by molar-refractivity contribution is 5.63. The van der Waals surface area contributed by atoms with Crippen molar-refractivity contribution in [3.8, 4) is 0 Å². The normalized spacial score (nSPS) is 11.5. The second kappa shape index (κ2) is 6.24. The van der Waals surface area contributed by atoms with Gasteiger partial charge in [0.25, 0.3) is 5.69 Å². The van der Waals surface area contributed by atoms with Crippen molar-refractivity contribution in [2.75, 3.05) is 5.32 Å². The van der Waals surface area contributed by atoms with Crippen LogP contribution >= 0.6 is 0 Å². The van der Waals surface area contributed by atoms with Crippen molar-refractivity contribution in [3.05, 3.63) is 51.3 Å². The van der Waals surface area contributed by atoms with Gasteiger partial charge in [-0.05, 0) is 17.7 Å². The first-order chi connectivity index (χ1) is 10.7. The van der Waals surface area contributed by atoms with Gasteiger partial charge in [-0.2, -0.15) is 18.3 Å². The number of rotatable bonds is 5. The third kappa shape index (κ3) is 3.77. The molecule has 0 amide bonds. The van der Waals surface area contributed by atoms with Crippen LogP contribution in [-0.4, -0.2) is 19.8 Å². The number of nitrogens with one attached hydrogen (secondary N) is 1. The van der Waals surface area contributed by atoms with Gasteiger partial charge in [0, 0.05) is 31.4 Å². The fourth-order valence-electron chi connectivity index (χ4n) is 2.08. The third-order valence-electron chi connectivity index (χ3n) is 3.08. The molecule has 0 unspecified atom stereocenters. The number of nitro groups is 1. The highest BCUT2D eigenvalue weighted by atomic mass is 19.4. The van der Waals surface area contributed by atoms with Crippen LogP contribution in [0.25, 0.3) is 0 Å². The maximum Gasteiger partial charge on any atom is 0.435 e. The summed E-state index contributed by atoms with van der Waals surface area (Å²) >= 11 is 0. The molecule has 1 aromatic heterocycles. The lowest BCUT2D eigenvalue weighted by molar-refractivity contribution is -0.384. The smallest absolute Gasteiger partial charge is 0.392 e. The van der Waals surface area contributed by atoms with Crippen LogP contribution in [0, 0.1) is 10.1 Å². The molecule has 1 aromatic carbocycles. The molecule has 0 saturated heterocycles. The number of benzene rings is 1. The largest absolute Gasteiger partial charge is 0.435 e. The highest BCUT2D eigenvalue weighted by Gasteiger charge is 2.36. The second-order valence-corrected chi connectivity index (χ2v) is 4.79. The molecule has 124 valence electrons. The molecule has 0 aliphatic rings. The Kier molecular flexibility index (Phi) is 4.55. The molecule has 1 heterocycles. The van der Waals surface area contributed by atoms with Crippen LogP contribution in [-0.2, 0) is 26.4 Å². The zero-order chi connectivity index (χ0) is 17.2. The molecule has 2 aromatic rings. The number of alkyl halides is 3. The van der Waals surface area contributed by atoms with Crippen molar-refractivity contribution in [1.29, 1.82) is 0 Å². The van der Waals surface area contributed by atoms with Gasteiger partial charge in [-0.25, -0.2) is 0 Å². The molecule has 10 heteroatoms. The Bertz CT molecular complexity index is 728. The Balaban J connectivity index is 2.29. The first-order valence-electron chi connectivity index (χ1n) is 6.44. The molecular formula is C13H13F3N4O3. The maximum absolute atomic E-state index is 12.9. The Hall–Kier alpha value is -2.62. The summed E-state index contributed by atoms with van der Waals surface area (Å²) in [5, 5.41) is 26.0. The molecule has 0 saturated carbocycles. The van der Waals surface area contributed by atoms with E-state index in [1.807, 2.05) is 0 Å². The molecule has 0 atom stereocenters. The van der Waals surface area contributed by atoms with E-state index in [-0.39, 0.29) is 30.1 Å². The predicted molar refractivity (Wildman–Crippen MR) is 74.6 cm³/mol. The second-order valence-electron chi connectivity index (χ2n) is 4.79. The van der Waals surface area contributed by atoms with Gasteiger partial charge in [-0.3, -0.25) is 14.8 Å². The minimum absolute atomic E-state index is 0.0264. The number of hydrogen-bond acceptors (Lipinski definition) is 5. The monoisotopic (exact) mass is 330 g/mol. The zero-order valence-corrected chi connectivity index (χ0v) is 12.0. The molecule has 0 spiro atoms. The van der Waals surface area contributed by atoms with Gasteiger partial charge < -0.3 is 10.4 Å². The van der Waals surface area contributed by atoms with Crippen LogP contribution in [0.5, 0.6) is 0 Å². The Morgan fingerprint density at radius 1 is 1.43 bits per heavy atom. The molecule has 0 radical (unpaired) electrons. The van der Waals surface area contributed by atoms with Gasteiger partial charge in [0.1, 0.15) is 5.69 Å². The van der Waals surface area contributed by atoms with E-state index in [0.29, 0.717) is 5.56 Å². The third-order valence-corrected chi connectivity index (χ3v) is 3.08. The van der Waals surface area contributed by atoms with E-state index in [1.54, 1.807) is 0 Å². The quantitative estimate of drug-likeness (QED) is 0.649. The maximum atomic E-state index is 12.9. The number of hydrogen-bond donors (Lipinski definition) is 2. The van der Waals surface area contributed by atoms with E-state index >= 15 is 0 Å². The van der Waals surface area contributed by atoms with Crippen LogP contribution in [0.1, 0.15) is 16.8 Å². The fraction of sp³-hybridized carbons (Fsp3) is 0.308. The van der Waals surface area contributed by atoms with Gasteiger partial charge >= 0.3 is 6.18 Å². The number of halogens is 3. The molecular weight excluding hydrogens is 317 g/mol. The van der Waals surface area contributed by atoms with Gasteiger partial charge in [0.2, 0.25) is 0 Å². The van der Waals surface area contributed by atoms with Crippen LogP contribution in [0.4, 0.5) is 24.5 Å². The van der Waals surface area contributed by atoms with Crippen LogP contribution in [0.15, 0.2) is 24.4 Å². The lowest BCUT2D eigenvalue weighted by atomic mass is 10.1. The summed E-state index contributed by atoms with van der Waals surface area (Å²) < 4.78 is 39.6. The van der Waals surface area contributed by atoms with E-state index < -0.39 is 16.8 Å². The van der Waals surface area contributed by atoms with Crippen molar-refractivity contribution in [2.24, 2.45) is 7.05 Å². The van der Waals surface area contributed by atoms with Crippen molar-refractivity contribution in [2.45, 2.75) is 19.3 Å².